The minimum absolute atomic E-state index is 0.437. The molecule has 1 aromatic carbocycles. The zero-order chi connectivity index (χ0) is 15.5. The Kier molecular flexibility index (Phi) is 5.10. The second-order valence-corrected chi connectivity index (χ2v) is 7.29. The molecule has 1 unspecified atom stereocenters. The van der Waals surface area contributed by atoms with Crippen molar-refractivity contribution >= 4 is 10.9 Å². The Morgan fingerprint density at radius 1 is 1.19 bits per heavy atom. The van der Waals surface area contributed by atoms with Crippen LogP contribution in [-0.4, -0.2) is 23.0 Å². The van der Waals surface area contributed by atoms with Gasteiger partial charge in [0, 0.05) is 17.8 Å². The van der Waals surface area contributed by atoms with Crippen molar-refractivity contribution in [2.75, 3.05) is 13.1 Å². The van der Waals surface area contributed by atoms with E-state index in [0.717, 1.165) is 6.54 Å². The number of hydrogen-bond donors (Lipinski definition) is 1. The average molecular weight is 286 g/mol. The number of aromatic amines is 1. The summed E-state index contributed by atoms with van der Waals surface area (Å²) in [7, 11) is 0. The van der Waals surface area contributed by atoms with E-state index in [4.69, 9.17) is 0 Å². The third-order valence-electron chi connectivity index (χ3n) is 4.39. The maximum Gasteiger partial charge on any atom is 0.0454 e. The molecule has 21 heavy (non-hydrogen) atoms. The van der Waals surface area contributed by atoms with Crippen molar-refractivity contribution in [3.05, 3.63) is 36.0 Å². The minimum atomic E-state index is 0.437. The van der Waals surface area contributed by atoms with Crippen LogP contribution in [0.5, 0.6) is 0 Å². The molecule has 1 atom stereocenters. The molecule has 1 heterocycles. The van der Waals surface area contributed by atoms with Gasteiger partial charge in [0.15, 0.2) is 0 Å². The first kappa shape index (κ1) is 16.1. The van der Waals surface area contributed by atoms with Gasteiger partial charge < -0.3 is 4.98 Å². The van der Waals surface area contributed by atoms with Crippen LogP contribution in [0.1, 0.15) is 59.1 Å². The number of rotatable bonds is 6. The summed E-state index contributed by atoms with van der Waals surface area (Å²) in [6, 6.07) is 9.42. The highest BCUT2D eigenvalue weighted by atomic mass is 15.1. The van der Waals surface area contributed by atoms with E-state index in [9.17, 15) is 0 Å². The van der Waals surface area contributed by atoms with Crippen LogP contribution in [0, 0.1) is 5.41 Å². The fourth-order valence-electron chi connectivity index (χ4n) is 2.98. The lowest BCUT2D eigenvalue weighted by Gasteiger charge is -2.29. The van der Waals surface area contributed by atoms with Crippen molar-refractivity contribution < 1.29 is 0 Å². The molecular weight excluding hydrogens is 256 g/mol. The van der Waals surface area contributed by atoms with E-state index in [1.54, 1.807) is 0 Å². The Balaban J connectivity index is 2.02. The minimum Gasteiger partial charge on any atom is -0.361 e. The van der Waals surface area contributed by atoms with Crippen LogP contribution in [0.4, 0.5) is 0 Å². The summed E-state index contributed by atoms with van der Waals surface area (Å²) in [5.41, 5.74) is 3.08. The zero-order valence-corrected chi connectivity index (χ0v) is 14.2. The van der Waals surface area contributed by atoms with Crippen molar-refractivity contribution in [2.24, 2.45) is 5.41 Å². The summed E-state index contributed by atoms with van der Waals surface area (Å²) in [6.45, 7) is 13.9. The molecule has 0 saturated heterocycles. The summed E-state index contributed by atoms with van der Waals surface area (Å²) in [5, 5.41) is 1.31. The fraction of sp³-hybridized carbons (Fsp3) is 0.579. The standard InChI is InChI=1S/C19H30N2/c1-6-21(13-7-11-19(3,4)5)15(2)16-8-9-18-17(14-16)10-12-20-18/h8-10,12,14-15,20H,6-7,11,13H2,1-5H3. The number of nitrogens with one attached hydrogen (secondary N) is 1. The van der Waals surface area contributed by atoms with Gasteiger partial charge in [-0.25, -0.2) is 0 Å². The Bertz CT molecular complexity index is 562. The molecule has 1 aromatic heterocycles. The van der Waals surface area contributed by atoms with Crippen molar-refractivity contribution in [1.29, 1.82) is 0 Å². The predicted molar refractivity (Wildman–Crippen MR) is 92.6 cm³/mol. The number of hydrogen-bond acceptors (Lipinski definition) is 1. The van der Waals surface area contributed by atoms with Crippen molar-refractivity contribution in [2.45, 2.75) is 53.5 Å². The lowest BCUT2D eigenvalue weighted by atomic mass is 9.90. The van der Waals surface area contributed by atoms with Gasteiger partial charge in [0.2, 0.25) is 0 Å². The molecule has 0 aliphatic rings. The van der Waals surface area contributed by atoms with Gasteiger partial charge in [-0.05, 0) is 67.4 Å². The van der Waals surface area contributed by atoms with Crippen molar-refractivity contribution in [3.63, 3.8) is 0 Å². The van der Waals surface area contributed by atoms with Gasteiger partial charge in [0.25, 0.3) is 0 Å². The SMILES string of the molecule is CCN(CCCC(C)(C)C)C(C)c1ccc2[nH]ccc2c1. The Morgan fingerprint density at radius 3 is 2.62 bits per heavy atom. The van der Waals surface area contributed by atoms with Gasteiger partial charge in [-0.15, -0.1) is 0 Å². The van der Waals surface area contributed by atoms with E-state index in [-0.39, 0.29) is 0 Å². The molecule has 0 saturated carbocycles. The number of nitrogens with zero attached hydrogens (tertiary/aromatic N) is 1. The third-order valence-corrected chi connectivity index (χ3v) is 4.39. The third kappa shape index (κ3) is 4.34. The molecule has 0 spiro atoms. The summed E-state index contributed by atoms with van der Waals surface area (Å²) < 4.78 is 0. The van der Waals surface area contributed by atoms with E-state index in [2.05, 4.69) is 68.8 Å². The number of fused-ring (bicyclic) bond motifs is 1. The lowest BCUT2D eigenvalue weighted by molar-refractivity contribution is 0.205. The van der Waals surface area contributed by atoms with Gasteiger partial charge in [-0.3, -0.25) is 4.90 Å². The number of H-pyrrole nitrogens is 1. The predicted octanol–water partition coefficient (Wildman–Crippen LogP) is 5.38. The first-order chi connectivity index (χ1) is 9.90. The smallest absolute Gasteiger partial charge is 0.0454 e. The van der Waals surface area contributed by atoms with Gasteiger partial charge in [-0.1, -0.05) is 33.8 Å². The fourth-order valence-corrected chi connectivity index (χ4v) is 2.98. The van der Waals surface area contributed by atoms with Crippen LogP contribution in [0.15, 0.2) is 30.5 Å². The molecule has 2 rings (SSSR count). The Morgan fingerprint density at radius 2 is 1.95 bits per heavy atom. The topological polar surface area (TPSA) is 19.0 Å². The van der Waals surface area contributed by atoms with Crippen molar-refractivity contribution in [1.82, 2.24) is 9.88 Å². The van der Waals surface area contributed by atoms with E-state index in [0.29, 0.717) is 11.5 Å². The monoisotopic (exact) mass is 286 g/mol. The Hall–Kier alpha value is -1.28. The number of benzene rings is 1. The maximum absolute atomic E-state index is 3.27. The summed E-state index contributed by atoms with van der Waals surface area (Å²) >= 11 is 0. The van der Waals surface area contributed by atoms with Gasteiger partial charge in [0.1, 0.15) is 0 Å². The average Bonchev–Trinajstić information content (AvgIpc) is 2.89. The second kappa shape index (κ2) is 6.65. The van der Waals surface area contributed by atoms with Crippen LogP contribution in [0.3, 0.4) is 0 Å². The van der Waals surface area contributed by atoms with E-state index < -0.39 is 0 Å². The van der Waals surface area contributed by atoms with Crippen LogP contribution in [0.25, 0.3) is 10.9 Å². The van der Waals surface area contributed by atoms with Gasteiger partial charge in [-0.2, -0.15) is 0 Å². The quantitative estimate of drug-likeness (QED) is 0.755. The van der Waals surface area contributed by atoms with Crippen molar-refractivity contribution in [3.8, 4) is 0 Å². The molecule has 116 valence electrons. The lowest BCUT2D eigenvalue weighted by Crippen LogP contribution is -2.28. The number of aromatic nitrogens is 1. The largest absolute Gasteiger partial charge is 0.361 e. The zero-order valence-electron chi connectivity index (χ0n) is 14.2. The Labute approximate surface area is 129 Å². The molecule has 2 heteroatoms. The highest BCUT2D eigenvalue weighted by molar-refractivity contribution is 5.80. The molecule has 0 aliphatic carbocycles. The molecule has 1 N–H and O–H groups in total. The molecule has 0 fully saturated rings. The molecule has 0 aliphatic heterocycles. The molecule has 0 amide bonds. The van der Waals surface area contributed by atoms with Crippen LogP contribution < -0.4 is 0 Å². The van der Waals surface area contributed by atoms with Crippen LogP contribution in [-0.2, 0) is 0 Å². The molecule has 2 nitrogen and oxygen atoms in total. The normalized spacial score (nSPS) is 14.0. The van der Waals surface area contributed by atoms with Crippen LogP contribution >= 0.6 is 0 Å². The molecule has 2 aromatic rings. The summed E-state index contributed by atoms with van der Waals surface area (Å²) in [5.74, 6) is 0. The first-order valence-electron chi connectivity index (χ1n) is 8.22. The highest BCUT2D eigenvalue weighted by Gasteiger charge is 2.16. The summed E-state index contributed by atoms with van der Waals surface area (Å²) in [6.07, 6.45) is 4.57. The van der Waals surface area contributed by atoms with Gasteiger partial charge in [0.05, 0.1) is 0 Å². The van der Waals surface area contributed by atoms with Gasteiger partial charge >= 0.3 is 0 Å². The van der Waals surface area contributed by atoms with E-state index in [1.807, 2.05) is 6.20 Å². The molecule has 0 radical (unpaired) electrons. The first-order valence-corrected chi connectivity index (χ1v) is 8.22. The second-order valence-electron chi connectivity index (χ2n) is 7.29. The molecule has 0 bridgehead atoms. The van der Waals surface area contributed by atoms with E-state index >= 15 is 0 Å². The molecular formula is C19H30N2. The maximum atomic E-state index is 3.27. The van der Waals surface area contributed by atoms with Crippen LogP contribution in [0.2, 0.25) is 0 Å². The highest BCUT2D eigenvalue weighted by Crippen LogP contribution is 2.26. The summed E-state index contributed by atoms with van der Waals surface area (Å²) in [4.78, 5) is 5.85. The van der Waals surface area contributed by atoms with E-state index in [1.165, 1.54) is 35.9 Å².